The number of aromatic amines is 1. The van der Waals surface area contributed by atoms with Crippen molar-refractivity contribution in [3.05, 3.63) is 39.8 Å². The molecule has 34 heavy (non-hydrogen) atoms. The van der Waals surface area contributed by atoms with Crippen molar-refractivity contribution in [1.82, 2.24) is 14.9 Å². The lowest BCUT2D eigenvalue weighted by Gasteiger charge is -2.24. The topological polar surface area (TPSA) is 96.9 Å². The van der Waals surface area contributed by atoms with Crippen molar-refractivity contribution in [2.45, 2.75) is 39.8 Å². The Morgan fingerprint density at radius 1 is 1.18 bits per heavy atom. The highest BCUT2D eigenvalue weighted by atomic mass is 32.1. The van der Waals surface area contributed by atoms with Crippen LogP contribution >= 0.6 is 11.3 Å². The van der Waals surface area contributed by atoms with Crippen molar-refractivity contribution in [3.63, 3.8) is 0 Å². The fourth-order valence-corrected chi connectivity index (χ4v) is 4.80. The van der Waals surface area contributed by atoms with Crippen LogP contribution in [0.2, 0.25) is 0 Å². The molecule has 0 saturated carbocycles. The number of aliphatic hydroxyl groups is 1. The average molecular weight is 490 g/mol. The summed E-state index contributed by atoms with van der Waals surface area (Å²) < 4.78 is 16.3. The largest absolute Gasteiger partial charge is 0.493 e. The number of hydrogen-bond donors (Lipinski definition) is 2. The smallest absolute Gasteiger partial charge is 0.260 e. The summed E-state index contributed by atoms with van der Waals surface area (Å²) in [6, 6.07) is 5.59. The van der Waals surface area contributed by atoms with Gasteiger partial charge in [0.05, 0.1) is 38.9 Å². The fourth-order valence-electron chi connectivity index (χ4n) is 3.84. The summed E-state index contributed by atoms with van der Waals surface area (Å²) in [4.78, 5) is 23.5. The van der Waals surface area contributed by atoms with Gasteiger partial charge in [0.15, 0.2) is 11.5 Å². The van der Waals surface area contributed by atoms with Crippen LogP contribution in [0.1, 0.15) is 33.0 Å². The van der Waals surface area contributed by atoms with Crippen LogP contribution < -0.4 is 15.0 Å². The van der Waals surface area contributed by atoms with E-state index in [1.807, 2.05) is 23.6 Å². The molecule has 3 rings (SSSR count). The zero-order valence-corrected chi connectivity index (χ0v) is 21.4. The molecule has 186 valence electrons. The van der Waals surface area contributed by atoms with Crippen LogP contribution in [0.5, 0.6) is 11.5 Å². The van der Waals surface area contributed by atoms with E-state index in [0.29, 0.717) is 59.8 Å². The lowest BCUT2D eigenvalue weighted by atomic mass is 10.1. The molecule has 0 saturated heterocycles. The van der Waals surface area contributed by atoms with Crippen LogP contribution in [0, 0.1) is 5.92 Å². The predicted molar refractivity (Wildman–Crippen MR) is 136 cm³/mol. The number of fused-ring (bicyclic) bond motifs is 1. The van der Waals surface area contributed by atoms with Crippen molar-refractivity contribution in [2.24, 2.45) is 5.92 Å². The van der Waals surface area contributed by atoms with Crippen molar-refractivity contribution < 1.29 is 19.3 Å². The number of nitrogens with one attached hydrogen (secondary N) is 1. The number of hydrogen-bond acceptors (Lipinski definition) is 8. The Bertz CT molecular complexity index is 1130. The first-order valence-electron chi connectivity index (χ1n) is 11.6. The molecule has 8 nitrogen and oxygen atoms in total. The third kappa shape index (κ3) is 6.56. The lowest BCUT2D eigenvalue weighted by molar-refractivity contribution is 0.00657. The number of aliphatic hydroxyl groups excluding tert-OH is 1. The van der Waals surface area contributed by atoms with E-state index >= 15 is 0 Å². The van der Waals surface area contributed by atoms with Gasteiger partial charge in [-0.15, -0.1) is 11.3 Å². The van der Waals surface area contributed by atoms with Gasteiger partial charge in [0.25, 0.3) is 5.56 Å². The highest BCUT2D eigenvalue weighted by Crippen LogP contribution is 2.36. The Balaban J connectivity index is 1.80. The molecule has 9 heteroatoms. The quantitative estimate of drug-likeness (QED) is 0.376. The molecule has 0 radical (unpaired) electrons. The Hall–Kier alpha value is -2.46. The van der Waals surface area contributed by atoms with Gasteiger partial charge in [-0.25, -0.2) is 4.98 Å². The molecule has 1 aromatic carbocycles. The van der Waals surface area contributed by atoms with E-state index < -0.39 is 6.10 Å². The van der Waals surface area contributed by atoms with E-state index in [4.69, 9.17) is 19.2 Å². The highest BCUT2D eigenvalue weighted by molar-refractivity contribution is 7.17. The van der Waals surface area contributed by atoms with Crippen molar-refractivity contribution in [2.75, 3.05) is 40.5 Å². The molecule has 2 aromatic heterocycles. The molecule has 0 fully saturated rings. The van der Waals surface area contributed by atoms with E-state index in [1.54, 1.807) is 14.2 Å². The van der Waals surface area contributed by atoms with Gasteiger partial charge in [-0.1, -0.05) is 26.8 Å². The van der Waals surface area contributed by atoms with Crippen molar-refractivity contribution in [3.8, 4) is 22.6 Å². The maximum Gasteiger partial charge on any atom is 0.260 e. The minimum absolute atomic E-state index is 0.178. The molecule has 0 spiro atoms. The number of nitrogens with zero attached hydrogens (tertiary/aromatic N) is 2. The maximum atomic E-state index is 13.1. The summed E-state index contributed by atoms with van der Waals surface area (Å²) in [5.41, 5.74) is 1.49. The Labute approximate surface area is 204 Å². The number of H-pyrrole nitrogens is 1. The number of methoxy groups -OCH3 is 2. The van der Waals surface area contributed by atoms with Crippen LogP contribution in [0.25, 0.3) is 21.3 Å². The standard InChI is InChI=1S/C25H35N3O5S/c1-6-9-28(11-18(29)14-33-13-16(2)3)12-22-26-24(30)23-19(15-34-25(23)27-22)17-7-8-20(31-4)21(10-17)32-5/h7-8,10,15-16,18,29H,6,9,11-14H2,1-5H3,(H,26,27,30)/t18-/m1/s1. The van der Waals surface area contributed by atoms with Crippen LogP contribution in [-0.2, 0) is 11.3 Å². The zero-order valence-electron chi connectivity index (χ0n) is 20.6. The third-order valence-electron chi connectivity index (χ3n) is 5.33. The van der Waals surface area contributed by atoms with E-state index in [2.05, 4.69) is 30.7 Å². The van der Waals surface area contributed by atoms with Crippen LogP contribution in [0.15, 0.2) is 28.4 Å². The number of rotatable bonds is 13. The predicted octanol–water partition coefficient (Wildman–Crippen LogP) is 3.91. The Kier molecular flexibility index (Phi) is 9.46. The summed E-state index contributed by atoms with van der Waals surface area (Å²) in [7, 11) is 3.18. The average Bonchev–Trinajstić information content (AvgIpc) is 3.23. The number of ether oxygens (including phenoxy) is 3. The van der Waals surface area contributed by atoms with Gasteiger partial charge in [-0.2, -0.15) is 0 Å². The molecule has 2 heterocycles. The Morgan fingerprint density at radius 2 is 1.94 bits per heavy atom. The number of aromatic nitrogens is 2. The summed E-state index contributed by atoms with van der Waals surface area (Å²) in [5.74, 6) is 2.25. The van der Waals surface area contributed by atoms with Gasteiger partial charge in [-0.3, -0.25) is 9.69 Å². The second kappa shape index (κ2) is 12.3. The lowest BCUT2D eigenvalue weighted by Crippen LogP contribution is -2.36. The number of benzene rings is 1. The molecule has 1 atom stereocenters. The Morgan fingerprint density at radius 3 is 2.62 bits per heavy atom. The second-order valence-corrected chi connectivity index (χ2v) is 9.59. The molecule has 0 aliphatic heterocycles. The van der Waals surface area contributed by atoms with Gasteiger partial charge in [0, 0.05) is 24.1 Å². The molecule has 2 N–H and O–H groups in total. The van der Waals surface area contributed by atoms with Crippen LogP contribution in [0.3, 0.4) is 0 Å². The minimum atomic E-state index is -0.598. The first-order chi connectivity index (χ1) is 16.4. The SMILES string of the molecule is CCCN(Cc1nc2scc(-c3ccc(OC)c(OC)c3)c2c(=O)[nH]1)C[C@@H](O)COCC(C)C. The van der Waals surface area contributed by atoms with Gasteiger partial charge in [-0.05, 0) is 36.6 Å². The van der Waals surface area contributed by atoms with E-state index in [9.17, 15) is 9.90 Å². The highest BCUT2D eigenvalue weighted by Gasteiger charge is 2.17. The monoisotopic (exact) mass is 489 g/mol. The first-order valence-corrected chi connectivity index (χ1v) is 12.4. The van der Waals surface area contributed by atoms with Gasteiger partial charge in [0.1, 0.15) is 10.7 Å². The molecule has 0 aliphatic rings. The van der Waals surface area contributed by atoms with Crippen molar-refractivity contribution >= 4 is 21.6 Å². The second-order valence-electron chi connectivity index (χ2n) is 8.73. The van der Waals surface area contributed by atoms with Gasteiger partial charge >= 0.3 is 0 Å². The van der Waals surface area contributed by atoms with E-state index in [-0.39, 0.29) is 5.56 Å². The summed E-state index contributed by atoms with van der Waals surface area (Å²) in [5, 5.41) is 12.9. The van der Waals surface area contributed by atoms with E-state index in [1.165, 1.54) is 11.3 Å². The third-order valence-corrected chi connectivity index (χ3v) is 6.20. The first kappa shape index (κ1) is 26.2. The summed E-state index contributed by atoms with van der Waals surface area (Å²) in [6.07, 6.45) is 0.327. The molecule has 0 unspecified atom stereocenters. The molecular weight excluding hydrogens is 454 g/mol. The molecule has 3 aromatic rings. The van der Waals surface area contributed by atoms with E-state index in [0.717, 1.165) is 24.1 Å². The molecular formula is C25H35N3O5S. The zero-order chi connectivity index (χ0) is 24.7. The van der Waals surface area contributed by atoms with Gasteiger partial charge < -0.3 is 24.3 Å². The molecule has 0 amide bonds. The minimum Gasteiger partial charge on any atom is -0.493 e. The normalized spacial score (nSPS) is 12.6. The summed E-state index contributed by atoms with van der Waals surface area (Å²) in [6.45, 7) is 8.84. The van der Waals surface area contributed by atoms with Crippen LogP contribution in [0.4, 0.5) is 0 Å². The maximum absolute atomic E-state index is 13.1. The molecule has 0 aliphatic carbocycles. The van der Waals surface area contributed by atoms with Crippen molar-refractivity contribution in [1.29, 1.82) is 0 Å². The van der Waals surface area contributed by atoms with Crippen LogP contribution in [-0.4, -0.2) is 66.6 Å². The molecule has 0 bridgehead atoms. The summed E-state index contributed by atoms with van der Waals surface area (Å²) >= 11 is 1.44. The van der Waals surface area contributed by atoms with Gasteiger partial charge in [0.2, 0.25) is 0 Å². The fraction of sp³-hybridized carbons (Fsp3) is 0.520. The number of thiophene rings is 1.